The van der Waals surface area contributed by atoms with Crippen molar-refractivity contribution in [3.8, 4) is 17.4 Å². The van der Waals surface area contributed by atoms with Crippen molar-refractivity contribution in [3.63, 3.8) is 0 Å². The third-order valence-corrected chi connectivity index (χ3v) is 8.68. The molecule has 1 aliphatic carbocycles. The second-order valence-corrected chi connectivity index (χ2v) is 11.9. The number of aliphatic hydroxyl groups excluding tert-OH is 1. The second kappa shape index (κ2) is 10.6. The summed E-state index contributed by atoms with van der Waals surface area (Å²) in [5, 5.41) is 12.8. The number of aliphatic hydroxyl groups is 1. The molecule has 1 saturated heterocycles. The molecule has 5 heterocycles. The zero-order valence-corrected chi connectivity index (χ0v) is 24.0. The maximum atomic E-state index is 12.4. The quantitative estimate of drug-likeness (QED) is 0.445. The third kappa shape index (κ3) is 5.04. The Morgan fingerprint density at radius 1 is 1.15 bits per heavy atom. The van der Waals surface area contributed by atoms with Gasteiger partial charge in [-0.1, -0.05) is 24.1 Å². The lowest BCUT2D eigenvalue weighted by molar-refractivity contribution is 0.124. The summed E-state index contributed by atoms with van der Waals surface area (Å²) in [6.07, 6.45) is 9.17. The van der Waals surface area contributed by atoms with Crippen LogP contribution in [-0.2, 0) is 25.7 Å². The van der Waals surface area contributed by atoms with Gasteiger partial charge in [-0.25, -0.2) is 19.7 Å². The number of urea groups is 1. The van der Waals surface area contributed by atoms with Gasteiger partial charge in [0.2, 0.25) is 5.88 Å². The molecule has 2 amide bonds. The molecule has 2 fully saturated rings. The van der Waals surface area contributed by atoms with Crippen LogP contribution in [0, 0.1) is 0 Å². The Hall–Kier alpha value is -3.21. The van der Waals surface area contributed by atoms with Crippen LogP contribution in [0.3, 0.4) is 0 Å². The van der Waals surface area contributed by atoms with E-state index in [2.05, 4.69) is 40.1 Å². The zero-order chi connectivity index (χ0) is 28.0. The summed E-state index contributed by atoms with van der Waals surface area (Å²) in [7, 11) is 1.88. The lowest BCUT2D eigenvalue weighted by Crippen LogP contribution is -2.52. The smallest absolute Gasteiger partial charge is 0.325 e. The van der Waals surface area contributed by atoms with Gasteiger partial charge in [-0.15, -0.1) is 0 Å². The fourth-order valence-electron chi connectivity index (χ4n) is 6.03. The molecule has 212 valence electrons. The normalized spacial score (nSPS) is 21.4. The number of aromatic nitrogens is 4. The molecule has 1 unspecified atom stereocenters. The molecule has 3 aliphatic rings. The van der Waals surface area contributed by atoms with Crippen molar-refractivity contribution < 1.29 is 14.6 Å². The van der Waals surface area contributed by atoms with Crippen LogP contribution in [0.2, 0.25) is 5.02 Å². The molecule has 0 bridgehead atoms. The molecular weight excluding hydrogens is 530 g/mol. The largest absolute Gasteiger partial charge is 0.473 e. The number of rotatable bonds is 6. The Morgan fingerprint density at radius 2 is 1.95 bits per heavy atom. The van der Waals surface area contributed by atoms with Gasteiger partial charge in [0.05, 0.1) is 17.4 Å². The SMILES string of the molecule is Cn1c(N2CCC(O)NC2=O)cnc1-c1ccc2c(n1)C(C)(C)N(Cc1cnc(OC3CCCCC3)c(Cl)c1)C2. The number of amides is 2. The van der Waals surface area contributed by atoms with Gasteiger partial charge in [-0.05, 0) is 62.8 Å². The summed E-state index contributed by atoms with van der Waals surface area (Å²) in [5.41, 5.74) is 3.62. The minimum atomic E-state index is -0.820. The number of ether oxygens (including phenoxy) is 1. The van der Waals surface area contributed by atoms with E-state index in [1.807, 2.05) is 29.9 Å². The molecule has 3 aromatic rings. The number of nitrogens with zero attached hydrogens (tertiary/aromatic N) is 6. The maximum absolute atomic E-state index is 12.4. The van der Waals surface area contributed by atoms with Crippen molar-refractivity contribution in [1.29, 1.82) is 0 Å². The number of hydrogen-bond acceptors (Lipinski definition) is 7. The molecule has 3 aromatic heterocycles. The van der Waals surface area contributed by atoms with Crippen molar-refractivity contribution in [2.24, 2.45) is 7.05 Å². The zero-order valence-electron chi connectivity index (χ0n) is 23.2. The van der Waals surface area contributed by atoms with Crippen molar-refractivity contribution in [1.82, 2.24) is 29.7 Å². The fourth-order valence-corrected chi connectivity index (χ4v) is 6.26. The number of halogens is 1. The Bertz CT molecular complexity index is 1420. The number of pyridine rings is 2. The first-order chi connectivity index (χ1) is 19.2. The molecule has 2 aliphatic heterocycles. The van der Waals surface area contributed by atoms with Crippen LogP contribution in [-0.4, -0.2) is 54.4 Å². The monoisotopic (exact) mass is 565 g/mol. The first-order valence-electron chi connectivity index (χ1n) is 14.1. The summed E-state index contributed by atoms with van der Waals surface area (Å²) >= 11 is 6.60. The van der Waals surface area contributed by atoms with Gasteiger partial charge in [0.1, 0.15) is 28.9 Å². The van der Waals surface area contributed by atoms with Crippen molar-refractivity contribution in [2.45, 2.75) is 83.3 Å². The summed E-state index contributed by atoms with van der Waals surface area (Å²) in [4.78, 5) is 30.6. The van der Waals surface area contributed by atoms with E-state index in [9.17, 15) is 9.90 Å². The van der Waals surface area contributed by atoms with Gasteiger partial charge >= 0.3 is 6.03 Å². The first kappa shape index (κ1) is 27.0. The molecule has 1 atom stereocenters. The number of anilines is 1. The fraction of sp³-hybridized carbons (Fsp3) is 0.517. The Labute approximate surface area is 239 Å². The van der Waals surface area contributed by atoms with Crippen molar-refractivity contribution in [2.75, 3.05) is 11.4 Å². The minimum Gasteiger partial charge on any atom is -0.473 e. The third-order valence-electron chi connectivity index (χ3n) is 8.41. The molecule has 2 N–H and O–H groups in total. The van der Waals surface area contributed by atoms with Crippen LogP contribution < -0.4 is 15.0 Å². The number of imidazole rings is 1. The second-order valence-electron chi connectivity index (χ2n) is 11.5. The number of carbonyl (C=O) groups excluding carboxylic acids is 1. The van der Waals surface area contributed by atoms with Crippen LogP contribution in [0.5, 0.6) is 5.88 Å². The van der Waals surface area contributed by atoms with Crippen molar-refractivity contribution in [3.05, 3.63) is 52.4 Å². The first-order valence-corrected chi connectivity index (χ1v) is 14.4. The average molecular weight is 566 g/mol. The van der Waals surface area contributed by atoms with Gasteiger partial charge < -0.3 is 19.7 Å². The van der Waals surface area contributed by atoms with Gasteiger partial charge in [-0.3, -0.25) is 9.80 Å². The van der Waals surface area contributed by atoms with Gasteiger partial charge in [0.25, 0.3) is 0 Å². The van der Waals surface area contributed by atoms with E-state index in [1.165, 1.54) is 24.8 Å². The average Bonchev–Trinajstić information content (AvgIpc) is 3.42. The number of hydrogen-bond donors (Lipinski definition) is 2. The minimum absolute atomic E-state index is 0.205. The molecule has 10 nitrogen and oxygen atoms in total. The van der Waals surface area contributed by atoms with Crippen LogP contribution >= 0.6 is 11.6 Å². The maximum Gasteiger partial charge on any atom is 0.325 e. The van der Waals surface area contributed by atoms with E-state index in [0.29, 0.717) is 42.1 Å². The predicted molar refractivity (Wildman–Crippen MR) is 152 cm³/mol. The summed E-state index contributed by atoms with van der Waals surface area (Å²) < 4.78 is 7.98. The Kier molecular flexibility index (Phi) is 7.18. The molecule has 0 aromatic carbocycles. The van der Waals surface area contributed by atoms with Gasteiger partial charge in [0.15, 0.2) is 5.82 Å². The van der Waals surface area contributed by atoms with E-state index in [1.54, 1.807) is 11.1 Å². The predicted octanol–water partition coefficient (Wildman–Crippen LogP) is 4.73. The van der Waals surface area contributed by atoms with E-state index in [-0.39, 0.29) is 17.7 Å². The molecular formula is C29H36ClN7O3. The van der Waals surface area contributed by atoms with Gasteiger partial charge in [-0.2, -0.15) is 0 Å². The van der Waals surface area contributed by atoms with Crippen LogP contribution in [0.1, 0.15) is 69.2 Å². The topological polar surface area (TPSA) is 109 Å². The molecule has 1 saturated carbocycles. The Morgan fingerprint density at radius 3 is 2.70 bits per heavy atom. The Balaban J connectivity index is 1.19. The highest BCUT2D eigenvalue weighted by Crippen LogP contribution is 2.40. The van der Waals surface area contributed by atoms with E-state index in [0.717, 1.165) is 36.3 Å². The van der Waals surface area contributed by atoms with E-state index in [4.69, 9.17) is 21.3 Å². The molecule has 6 rings (SSSR count). The molecule has 0 radical (unpaired) electrons. The number of nitrogens with one attached hydrogen (secondary N) is 1. The van der Waals surface area contributed by atoms with E-state index < -0.39 is 6.23 Å². The van der Waals surface area contributed by atoms with Gasteiger partial charge in [0, 0.05) is 39.3 Å². The van der Waals surface area contributed by atoms with E-state index >= 15 is 0 Å². The highest BCUT2D eigenvalue weighted by Gasteiger charge is 2.39. The molecule has 0 spiro atoms. The lowest BCUT2D eigenvalue weighted by Gasteiger charge is -2.32. The highest BCUT2D eigenvalue weighted by atomic mass is 35.5. The number of fused-ring (bicyclic) bond motifs is 1. The summed E-state index contributed by atoms with van der Waals surface area (Å²) in [6, 6.07) is 5.73. The standard InChI is InChI=1S/C29H36ClN7O3/c1-29(2)25-19(17-36(29)16-18-13-21(30)27(32-14-18)40-20-7-5-4-6-8-20)9-10-22(33-25)26-31-15-24(35(26)3)37-12-11-23(38)34-28(37)39/h9-10,13-15,20,23,38H,4-8,11-12,16-17H2,1-3H3,(H,34,39). The summed E-state index contributed by atoms with van der Waals surface area (Å²) in [6.45, 7) is 6.21. The van der Waals surface area contributed by atoms with Crippen LogP contribution in [0.25, 0.3) is 11.5 Å². The van der Waals surface area contributed by atoms with Crippen LogP contribution in [0.15, 0.2) is 30.6 Å². The molecule has 40 heavy (non-hydrogen) atoms. The van der Waals surface area contributed by atoms with Crippen LogP contribution in [0.4, 0.5) is 10.6 Å². The lowest BCUT2D eigenvalue weighted by atomic mass is 9.98. The highest BCUT2D eigenvalue weighted by molar-refractivity contribution is 6.31. The van der Waals surface area contributed by atoms with Crippen molar-refractivity contribution >= 4 is 23.4 Å². The number of carbonyl (C=O) groups is 1. The molecule has 11 heteroatoms. The summed E-state index contributed by atoms with van der Waals surface area (Å²) in [5.74, 6) is 1.86.